The minimum absolute atomic E-state index is 0.0362. The molecule has 0 bridgehead atoms. The molecule has 0 aliphatic carbocycles. The van der Waals surface area contributed by atoms with Crippen LogP contribution in [0, 0.1) is 0 Å². The highest BCUT2D eigenvalue weighted by Crippen LogP contribution is 2.13. The predicted molar refractivity (Wildman–Crippen MR) is 56.6 cm³/mol. The maximum Gasteiger partial charge on any atom is 0.331 e. The van der Waals surface area contributed by atoms with Gasteiger partial charge in [-0.2, -0.15) is 8.42 Å². The summed E-state index contributed by atoms with van der Waals surface area (Å²) in [7, 11) is -3.96. The van der Waals surface area contributed by atoms with Crippen molar-refractivity contribution in [2.24, 2.45) is 0 Å². The van der Waals surface area contributed by atoms with E-state index in [-0.39, 0.29) is 4.90 Å². The molecule has 0 saturated heterocycles. The molecule has 0 heterocycles. The molecule has 0 atom stereocenters. The number of carbonyl (C=O) groups is 1. The van der Waals surface area contributed by atoms with Gasteiger partial charge < -0.3 is 5.11 Å². The van der Waals surface area contributed by atoms with E-state index in [1.54, 1.807) is 12.1 Å². The van der Waals surface area contributed by atoms with Crippen LogP contribution in [0.2, 0.25) is 0 Å². The van der Waals surface area contributed by atoms with E-state index in [9.17, 15) is 13.2 Å². The Balaban J connectivity index is 2.85. The fourth-order valence-electron chi connectivity index (χ4n) is 1.09. The van der Waals surface area contributed by atoms with Crippen molar-refractivity contribution in [3.05, 3.63) is 29.8 Å². The molecule has 1 N–H and O–H groups in total. The van der Waals surface area contributed by atoms with Gasteiger partial charge in [-0.05, 0) is 24.1 Å². The van der Waals surface area contributed by atoms with Gasteiger partial charge in [-0.1, -0.05) is 19.1 Å². The normalized spacial score (nSPS) is 11.3. The molecule has 0 saturated carbocycles. The van der Waals surface area contributed by atoms with Gasteiger partial charge in [0.05, 0.1) is 4.90 Å². The molecule has 88 valence electrons. The quantitative estimate of drug-likeness (QED) is 0.783. The number of aryl methyl sites for hydroxylation is 1. The molecule has 0 unspecified atom stereocenters. The molecule has 0 spiro atoms. The number of benzene rings is 1. The second-order valence-electron chi connectivity index (χ2n) is 3.11. The third-order valence-electron chi connectivity index (χ3n) is 1.96. The highest BCUT2D eigenvalue weighted by atomic mass is 32.2. The van der Waals surface area contributed by atoms with Gasteiger partial charge >= 0.3 is 5.97 Å². The zero-order chi connectivity index (χ0) is 12.2. The molecular formula is C10H12O5S. The molecule has 16 heavy (non-hydrogen) atoms. The van der Waals surface area contributed by atoms with Crippen LogP contribution in [0.4, 0.5) is 0 Å². The summed E-state index contributed by atoms with van der Waals surface area (Å²) >= 11 is 0. The molecular weight excluding hydrogens is 232 g/mol. The molecule has 0 radical (unpaired) electrons. The van der Waals surface area contributed by atoms with Crippen LogP contribution in [0.5, 0.6) is 0 Å². The van der Waals surface area contributed by atoms with E-state index in [4.69, 9.17) is 5.11 Å². The lowest BCUT2D eigenvalue weighted by Crippen LogP contribution is -2.13. The maximum absolute atomic E-state index is 11.5. The highest BCUT2D eigenvalue weighted by molar-refractivity contribution is 7.86. The van der Waals surface area contributed by atoms with Crippen LogP contribution >= 0.6 is 0 Å². The van der Waals surface area contributed by atoms with E-state index < -0.39 is 22.7 Å². The number of carboxylic acid groups (broad SMARTS) is 1. The summed E-state index contributed by atoms with van der Waals surface area (Å²) in [6.07, 6.45) is 0.802. The molecule has 1 aromatic rings. The van der Waals surface area contributed by atoms with Crippen molar-refractivity contribution in [2.45, 2.75) is 18.2 Å². The first-order valence-electron chi connectivity index (χ1n) is 4.66. The highest BCUT2D eigenvalue weighted by Gasteiger charge is 2.16. The molecule has 0 amide bonds. The summed E-state index contributed by atoms with van der Waals surface area (Å²) in [5.74, 6) is -1.33. The lowest BCUT2D eigenvalue weighted by atomic mass is 10.2. The molecule has 1 aromatic carbocycles. The zero-order valence-electron chi connectivity index (χ0n) is 8.71. The fraction of sp³-hybridized carbons (Fsp3) is 0.300. The Hall–Kier alpha value is -1.40. The molecule has 0 aliphatic heterocycles. The topological polar surface area (TPSA) is 80.7 Å². The Morgan fingerprint density at radius 3 is 2.31 bits per heavy atom. The van der Waals surface area contributed by atoms with Crippen molar-refractivity contribution in [2.75, 3.05) is 6.61 Å². The SMILES string of the molecule is CCc1ccc(S(=O)(=O)OCC(=O)O)cc1. The predicted octanol–water partition coefficient (Wildman–Crippen LogP) is 1.04. The first kappa shape index (κ1) is 12.7. The average molecular weight is 244 g/mol. The van der Waals surface area contributed by atoms with Crippen molar-refractivity contribution < 1.29 is 22.5 Å². The minimum atomic E-state index is -3.96. The van der Waals surface area contributed by atoms with Crippen molar-refractivity contribution in [1.82, 2.24) is 0 Å². The van der Waals surface area contributed by atoms with Gasteiger partial charge in [-0.3, -0.25) is 4.18 Å². The third-order valence-corrected chi connectivity index (χ3v) is 3.24. The van der Waals surface area contributed by atoms with Gasteiger partial charge in [-0.25, -0.2) is 4.79 Å². The lowest BCUT2D eigenvalue weighted by Gasteiger charge is -2.04. The number of rotatable bonds is 5. The average Bonchev–Trinajstić information content (AvgIpc) is 2.27. The summed E-state index contributed by atoms with van der Waals surface area (Å²) < 4.78 is 27.2. The van der Waals surface area contributed by atoms with Gasteiger partial charge in [0.25, 0.3) is 10.1 Å². The number of aliphatic carboxylic acids is 1. The molecule has 1 rings (SSSR count). The lowest BCUT2D eigenvalue weighted by molar-refractivity contribution is -0.139. The van der Waals surface area contributed by atoms with Crippen molar-refractivity contribution in [1.29, 1.82) is 0 Å². The van der Waals surface area contributed by atoms with E-state index in [0.29, 0.717) is 0 Å². The van der Waals surface area contributed by atoms with Crippen LogP contribution in [0.1, 0.15) is 12.5 Å². The van der Waals surface area contributed by atoms with Crippen LogP contribution in [0.15, 0.2) is 29.2 Å². The zero-order valence-corrected chi connectivity index (χ0v) is 9.53. The summed E-state index contributed by atoms with van der Waals surface area (Å²) in [6.45, 7) is 1.09. The molecule has 0 fully saturated rings. The first-order chi connectivity index (χ1) is 7.45. The Bertz CT molecular complexity index is 460. The second-order valence-corrected chi connectivity index (χ2v) is 4.72. The summed E-state index contributed by atoms with van der Waals surface area (Å²) in [6, 6.07) is 6.13. The van der Waals surface area contributed by atoms with E-state index in [1.807, 2.05) is 6.92 Å². The monoisotopic (exact) mass is 244 g/mol. The van der Waals surface area contributed by atoms with Crippen molar-refractivity contribution in [3.63, 3.8) is 0 Å². The summed E-state index contributed by atoms with van der Waals surface area (Å²) in [5.41, 5.74) is 0.997. The van der Waals surface area contributed by atoms with Crippen LogP contribution in [0.25, 0.3) is 0 Å². The standard InChI is InChI=1S/C10H12O5S/c1-2-8-3-5-9(6-4-8)16(13,14)15-7-10(11)12/h3-6H,2,7H2,1H3,(H,11,12). The Morgan fingerprint density at radius 2 is 1.88 bits per heavy atom. The van der Waals surface area contributed by atoms with Gasteiger partial charge in [0.15, 0.2) is 6.61 Å². The van der Waals surface area contributed by atoms with Gasteiger partial charge in [0.2, 0.25) is 0 Å². The van der Waals surface area contributed by atoms with Gasteiger partial charge in [0, 0.05) is 0 Å². The second kappa shape index (κ2) is 5.09. The van der Waals surface area contributed by atoms with E-state index >= 15 is 0 Å². The van der Waals surface area contributed by atoms with Crippen molar-refractivity contribution >= 4 is 16.1 Å². The largest absolute Gasteiger partial charge is 0.479 e. The molecule has 6 heteroatoms. The summed E-state index contributed by atoms with van der Waals surface area (Å²) in [4.78, 5) is 10.2. The van der Waals surface area contributed by atoms with Crippen LogP contribution in [0.3, 0.4) is 0 Å². The van der Waals surface area contributed by atoms with Gasteiger partial charge in [-0.15, -0.1) is 0 Å². The number of carboxylic acids is 1. The fourth-order valence-corrected chi connectivity index (χ4v) is 1.95. The van der Waals surface area contributed by atoms with Gasteiger partial charge in [0.1, 0.15) is 0 Å². The maximum atomic E-state index is 11.5. The third kappa shape index (κ3) is 3.32. The van der Waals surface area contributed by atoms with E-state index in [2.05, 4.69) is 4.18 Å². The number of hydrogen-bond donors (Lipinski definition) is 1. The van der Waals surface area contributed by atoms with E-state index in [0.717, 1.165) is 12.0 Å². The van der Waals surface area contributed by atoms with Crippen LogP contribution in [-0.2, 0) is 25.5 Å². The first-order valence-corrected chi connectivity index (χ1v) is 6.06. The summed E-state index contributed by atoms with van der Waals surface area (Å²) in [5, 5.41) is 8.32. The van der Waals surface area contributed by atoms with Crippen molar-refractivity contribution in [3.8, 4) is 0 Å². The van der Waals surface area contributed by atoms with Crippen LogP contribution in [-0.4, -0.2) is 26.1 Å². The minimum Gasteiger partial charge on any atom is -0.479 e. The van der Waals surface area contributed by atoms with Crippen LogP contribution < -0.4 is 0 Å². The Morgan fingerprint density at radius 1 is 1.31 bits per heavy atom. The molecule has 0 aliphatic rings. The van der Waals surface area contributed by atoms with E-state index in [1.165, 1.54) is 12.1 Å². The molecule has 5 nitrogen and oxygen atoms in total. The Labute approximate surface area is 93.8 Å². The number of hydrogen-bond acceptors (Lipinski definition) is 4. The molecule has 0 aromatic heterocycles. The Kier molecular flexibility index (Phi) is 4.03. The smallest absolute Gasteiger partial charge is 0.331 e.